The molecule has 0 aliphatic heterocycles. The molecule has 5 heteroatoms. The number of nitrogens with zero attached hydrogens (tertiary/aromatic N) is 2. The normalized spacial score (nSPS) is 11.1. The Balaban J connectivity index is 2.86. The van der Waals surface area contributed by atoms with Gasteiger partial charge in [-0.1, -0.05) is 36.8 Å². The Morgan fingerprint density at radius 3 is 2.53 bits per heavy atom. The van der Waals surface area contributed by atoms with Crippen molar-refractivity contribution in [2.24, 2.45) is 0 Å². The van der Waals surface area contributed by atoms with E-state index in [4.69, 9.17) is 16.9 Å². The summed E-state index contributed by atoms with van der Waals surface area (Å²) in [6, 6.07) is 2.02. The van der Waals surface area contributed by atoms with Gasteiger partial charge in [-0.2, -0.15) is 5.26 Å². The van der Waals surface area contributed by atoms with E-state index in [2.05, 4.69) is 31.1 Å². The standard InChI is InChI=1S/C10H14ClN3S/c1-4-10(3,5-2)14-9-13-8(11)7(6-12)15-9/h4-5H2,1-3H3,(H,13,14). The highest BCUT2D eigenvalue weighted by Gasteiger charge is 2.21. The van der Waals surface area contributed by atoms with Crippen LogP contribution < -0.4 is 5.32 Å². The second-order valence-electron chi connectivity index (χ2n) is 3.64. The molecular formula is C10H14ClN3S. The summed E-state index contributed by atoms with van der Waals surface area (Å²) in [6.45, 7) is 6.38. The van der Waals surface area contributed by atoms with Gasteiger partial charge in [0.05, 0.1) is 0 Å². The Morgan fingerprint density at radius 2 is 2.13 bits per heavy atom. The highest BCUT2D eigenvalue weighted by atomic mass is 35.5. The molecule has 1 rings (SSSR count). The third kappa shape index (κ3) is 2.83. The summed E-state index contributed by atoms with van der Waals surface area (Å²) in [5.41, 5.74) is 0.0217. The van der Waals surface area contributed by atoms with Crippen LogP contribution >= 0.6 is 22.9 Å². The fraction of sp³-hybridized carbons (Fsp3) is 0.600. The molecule has 0 saturated carbocycles. The summed E-state index contributed by atoms with van der Waals surface area (Å²) < 4.78 is 0. The lowest BCUT2D eigenvalue weighted by atomic mass is 9.96. The van der Waals surface area contributed by atoms with E-state index in [1.54, 1.807) is 0 Å². The van der Waals surface area contributed by atoms with E-state index >= 15 is 0 Å². The Bertz CT molecular complexity index is 377. The third-order valence-corrected chi connectivity index (χ3v) is 3.92. The van der Waals surface area contributed by atoms with Crippen LogP contribution in [0.5, 0.6) is 0 Å². The quantitative estimate of drug-likeness (QED) is 0.878. The topological polar surface area (TPSA) is 48.7 Å². The van der Waals surface area contributed by atoms with Gasteiger partial charge in [0.15, 0.2) is 10.3 Å². The summed E-state index contributed by atoms with van der Waals surface area (Å²) in [4.78, 5) is 4.58. The summed E-state index contributed by atoms with van der Waals surface area (Å²) in [5.74, 6) is 0. The molecule has 1 aromatic heterocycles. The first kappa shape index (κ1) is 12.3. The average Bonchev–Trinajstić information content (AvgIpc) is 2.58. The van der Waals surface area contributed by atoms with Crippen molar-refractivity contribution in [3.05, 3.63) is 10.0 Å². The molecule has 82 valence electrons. The minimum atomic E-state index is 0.0217. The molecule has 0 amide bonds. The molecule has 1 aromatic rings. The number of hydrogen-bond acceptors (Lipinski definition) is 4. The predicted octanol–water partition coefficient (Wildman–Crippen LogP) is 3.66. The van der Waals surface area contributed by atoms with Crippen LogP contribution in [-0.2, 0) is 0 Å². The predicted molar refractivity (Wildman–Crippen MR) is 64.4 cm³/mol. The van der Waals surface area contributed by atoms with Crippen LogP contribution in [-0.4, -0.2) is 10.5 Å². The number of anilines is 1. The van der Waals surface area contributed by atoms with Gasteiger partial charge in [-0.3, -0.25) is 0 Å². The maximum atomic E-state index is 8.75. The van der Waals surface area contributed by atoms with Crippen molar-refractivity contribution in [3.63, 3.8) is 0 Å². The van der Waals surface area contributed by atoms with Gasteiger partial charge < -0.3 is 5.32 Å². The van der Waals surface area contributed by atoms with Crippen LogP contribution in [0.15, 0.2) is 0 Å². The van der Waals surface area contributed by atoms with E-state index < -0.39 is 0 Å². The Labute approximate surface area is 99.1 Å². The van der Waals surface area contributed by atoms with E-state index in [0.29, 0.717) is 10.0 Å². The van der Waals surface area contributed by atoms with Crippen molar-refractivity contribution in [2.75, 3.05) is 5.32 Å². The van der Waals surface area contributed by atoms with Gasteiger partial charge in [-0.15, -0.1) is 0 Å². The smallest absolute Gasteiger partial charge is 0.185 e. The number of thiazole rings is 1. The summed E-state index contributed by atoms with van der Waals surface area (Å²) in [5, 5.41) is 13.1. The molecule has 0 bridgehead atoms. The van der Waals surface area contributed by atoms with Gasteiger partial charge in [0, 0.05) is 5.54 Å². The maximum absolute atomic E-state index is 8.75. The molecule has 1 heterocycles. The summed E-state index contributed by atoms with van der Waals surface area (Å²) >= 11 is 7.10. The molecule has 1 N–H and O–H groups in total. The van der Waals surface area contributed by atoms with Gasteiger partial charge in [0.1, 0.15) is 10.9 Å². The second kappa shape index (κ2) is 4.82. The molecule has 0 saturated heterocycles. The summed E-state index contributed by atoms with van der Waals surface area (Å²) in [7, 11) is 0. The van der Waals surface area contributed by atoms with Crippen LogP contribution in [0.4, 0.5) is 5.13 Å². The van der Waals surface area contributed by atoms with Gasteiger partial charge >= 0.3 is 0 Å². The van der Waals surface area contributed by atoms with Crippen LogP contribution in [0.1, 0.15) is 38.5 Å². The fourth-order valence-corrected chi connectivity index (χ4v) is 2.20. The van der Waals surface area contributed by atoms with E-state index in [0.717, 1.165) is 18.0 Å². The molecule has 0 spiro atoms. The minimum absolute atomic E-state index is 0.0217. The van der Waals surface area contributed by atoms with E-state index in [-0.39, 0.29) is 5.54 Å². The average molecular weight is 244 g/mol. The molecule has 0 aromatic carbocycles. The monoisotopic (exact) mass is 243 g/mol. The highest BCUT2D eigenvalue weighted by Crippen LogP contribution is 2.29. The highest BCUT2D eigenvalue weighted by molar-refractivity contribution is 7.16. The largest absolute Gasteiger partial charge is 0.356 e. The van der Waals surface area contributed by atoms with Crippen molar-refractivity contribution in [1.82, 2.24) is 4.98 Å². The number of halogens is 1. The van der Waals surface area contributed by atoms with Gasteiger partial charge in [0.25, 0.3) is 0 Å². The molecule has 15 heavy (non-hydrogen) atoms. The first-order valence-electron chi connectivity index (χ1n) is 4.89. The van der Waals surface area contributed by atoms with E-state index in [9.17, 15) is 0 Å². The Kier molecular flexibility index (Phi) is 3.95. The first-order chi connectivity index (χ1) is 7.04. The van der Waals surface area contributed by atoms with Crippen LogP contribution in [0.25, 0.3) is 0 Å². The summed E-state index contributed by atoms with van der Waals surface area (Å²) in [6.07, 6.45) is 2.01. The first-order valence-corrected chi connectivity index (χ1v) is 6.08. The molecule has 0 fully saturated rings. The lowest BCUT2D eigenvalue weighted by molar-refractivity contribution is 0.478. The number of nitriles is 1. The molecule has 3 nitrogen and oxygen atoms in total. The lowest BCUT2D eigenvalue weighted by Crippen LogP contribution is -2.32. The second-order valence-corrected chi connectivity index (χ2v) is 5.00. The maximum Gasteiger partial charge on any atom is 0.185 e. The number of hydrogen-bond donors (Lipinski definition) is 1. The molecule has 0 aliphatic rings. The van der Waals surface area contributed by atoms with Gasteiger partial charge in [-0.05, 0) is 19.8 Å². The van der Waals surface area contributed by atoms with Crippen molar-refractivity contribution in [2.45, 2.75) is 39.2 Å². The zero-order valence-electron chi connectivity index (χ0n) is 9.09. The Hall–Kier alpha value is -0.790. The molecule has 0 atom stereocenters. The van der Waals surface area contributed by atoms with Crippen molar-refractivity contribution in [3.8, 4) is 6.07 Å². The van der Waals surface area contributed by atoms with Crippen LogP contribution in [0, 0.1) is 11.3 Å². The molecular weight excluding hydrogens is 230 g/mol. The van der Waals surface area contributed by atoms with E-state index in [1.807, 2.05) is 6.07 Å². The van der Waals surface area contributed by atoms with Gasteiger partial charge in [0.2, 0.25) is 0 Å². The zero-order valence-corrected chi connectivity index (χ0v) is 10.7. The molecule has 0 unspecified atom stereocenters. The minimum Gasteiger partial charge on any atom is -0.356 e. The van der Waals surface area contributed by atoms with Gasteiger partial charge in [-0.25, -0.2) is 4.98 Å². The third-order valence-electron chi connectivity index (χ3n) is 2.66. The van der Waals surface area contributed by atoms with Crippen molar-refractivity contribution in [1.29, 1.82) is 5.26 Å². The van der Waals surface area contributed by atoms with Crippen molar-refractivity contribution < 1.29 is 0 Å². The Morgan fingerprint density at radius 1 is 1.53 bits per heavy atom. The van der Waals surface area contributed by atoms with Crippen LogP contribution in [0.2, 0.25) is 5.15 Å². The number of nitrogens with one attached hydrogen (secondary N) is 1. The number of aromatic nitrogens is 1. The van der Waals surface area contributed by atoms with E-state index in [1.165, 1.54) is 11.3 Å². The fourth-order valence-electron chi connectivity index (χ4n) is 1.11. The molecule has 0 radical (unpaired) electrons. The zero-order chi connectivity index (χ0) is 11.5. The van der Waals surface area contributed by atoms with Crippen LogP contribution in [0.3, 0.4) is 0 Å². The molecule has 0 aliphatic carbocycles. The van der Waals surface area contributed by atoms with Crippen molar-refractivity contribution >= 4 is 28.1 Å². The number of rotatable bonds is 4. The lowest BCUT2D eigenvalue weighted by Gasteiger charge is -2.27. The SMILES string of the molecule is CCC(C)(CC)Nc1nc(Cl)c(C#N)s1.